The smallest absolute Gasteiger partial charge is 0.267 e. The highest BCUT2D eigenvalue weighted by Gasteiger charge is 2.13. The molecule has 2 aromatic carbocycles. The van der Waals surface area contributed by atoms with E-state index in [2.05, 4.69) is 10.6 Å². The molecule has 28 heavy (non-hydrogen) atoms. The minimum atomic E-state index is -0.457. The third kappa shape index (κ3) is 5.04. The Bertz CT molecular complexity index is 929. The lowest BCUT2D eigenvalue weighted by atomic mass is 10.1. The molecule has 1 amide bonds. The maximum atomic E-state index is 12.4. The van der Waals surface area contributed by atoms with Gasteiger partial charge in [0.15, 0.2) is 11.5 Å². The molecule has 0 spiro atoms. The van der Waals surface area contributed by atoms with Crippen molar-refractivity contribution in [3.63, 3.8) is 0 Å². The highest BCUT2D eigenvalue weighted by Crippen LogP contribution is 2.29. The van der Waals surface area contributed by atoms with Gasteiger partial charge in [0.25, 0.3) is 5.91 Å². The Morgan fingerprint density at radius 3 is 2.43 bits per heavy atom. The zero-order chi connectivity index (χ0) is 20.7. The number of benzene rings is 2. The Morgan fingerprint density at radius 2 is 1.82 bits per heavy atom. The fraction of sp³-hybridized carbons (Fsp3) is 0.273. The monoisotopic (exact) mass is 379 g/mol. The zero-order valence-corrected chi connectivity index (χ0v) is 16.8. The molecular formula is C22H25N3O3. The van der Waals surface area contributed by atoms with Crippen LogP contribution in [0.4, 0.5) is 5.69 Å². The van der Waals surface area contributed by atoms with Gasteiger partial charge < -0.3 is 20.1 Å². The number of amides is 1. The summed E-state index contributed by atoms with van der Waals surface area (Å²) in [5.41, 5.74) is 3.66. The van der Waals surface area contributed by atoms with E-state index in [0.29, 0.717) is 17.2 Å². The van der Waals surface area contributed by atoms with Crippen LogP contribution in [0.15, 0.2) is 48.2 Å². The molecule has 0 bridgehead atoms. The molecule has 0 fully saturated rings. The summed E-state index contributed by atoms with van der Waals surface area (Å²) in [6.45, 7) is 5.82. The topological polar surface area (TPSA) is 83.4 Å². The quantitative estimate of drug-likeness (QED) is 0.561. The first-order chi connectivity index (χ1) is 13.4. The van der Waals surface area contributed by atoms with Crippen molar-refractivity contribution in [3.05, 3.63) is 64.9 Å². The number of anilines is 1. The van der Waals surface area contributed by atoms with Gasteiger partial charge in [-0.2, -0.15) is 5.26 Å². The molecule has 0 heterocycles. The maximum absolute atomic E-state index is 12.4. The lowest BCUT2D eigenvalue weighted by Crippen LogP contribution is -2.19. The largest absolute Gasteiger partial charge is 0.493 e. The second-order valence-corrected chi connectivity index (χ2v) is 6.45. The molecule has 0 saturated carbocycles. The van der Waals surface area contributed by atoms with E-state index in [9.17, 15) is 10.1 Å². The van der Waals surface area contributed by atoms with Crippen LogP contribution in [-0.2, 0) is 4.79 Å². The van der Waals surface area contributed by atoms with Gasteiger partial charge in [-0.3, -0.25) is 4.79 Å². The Kier molecular flexibility index (Phi) is 7.05. The number of carbonyl (C=O) groups is 1. The van der Waals surface area contributed by atoms with Crippen LogP contribution < -0.4 is 20.1 Å². The van der Waals surface area contributed by atoms with Gasteiger partial charge in [-0.15, -0.1) is 0 Å². The highest BCUT2D eigenvalue weighted by molar-refractivity contribution is 6.06. The predicted molar refractivity (Wildman–Crippen MR) is 109 cm³/mol. The second-order valence-electron chi connectivity index (χ2n) is 6.45. The highest BCUT2D eigenvalue weighted by atomic mass is 16.5. The maximum Gasteiger partial charge on any atom is 0.267 e. The summed E-state index contributed by atoms with van der Waals surface area (Å²) in [6.07, 6.45) is 1.43. The Hall–Kier alpha value is -3.46. The fourth-order valence-electron chi connectivity index (χ4n) is 2.72. The van der Waals surface area contributed by atoms with Gasteiger partial charge in [-0.05, 0) is 50.1 Å². The first-order valence-electron chi connectivity index (χ1n) is 8.86. The molecule has 6 heteroatoms. The number of ether oxygens (including phenoxy) is 2. The molecule has 0 aliphatic carbocycles. The fourth-order valence-corrected chi connectivity index (χ4v) is 2.72. The molecule has 6 nitrogen and oxygen atoms in total. The number of nitriles is 1. The lowest BCUT2D eigenvalue weighted by Gasteiger charge is -2.15. The van der Waals surface area contributed by atoms with E-state index < -0.39 is 5.91 Å². The van der Waals surface area contributed by atoms with E-state index in [-0.39, 0.29) is 11.6 Å². The van der Waals surface area contributed by atoms with Crippen molar-refractivity contribution < 1.29 is 14.3 Å². The van der Waals surface area contributed by atoms with Crippen molar-refractivity contribution in [1.82, 2.24) is 5.32 Å². The summed E-state index contributed by atoms with van der Waals surface area (Å²) in [4.78, 5) is 12.4. The number of hydrogen-bond donors (Lipinski definition) is 2. The molecule has 0 aliphatic rings. The van der Waals surface area contributed by atoms with Gasteiger partial charge in [0.2, 0.25) is 0 Å². The molecule has 0 saturated heterocycles. The molecule has 0 radical (unpaired) electrons. The molecule has 2 N–H and O–H groups in total. The average Bonchev–Trinajstić information content (AvgIpc) is 2.69. The van der Waals surface area contributed by atoms with E-state index in [0.717, 1.165) is 16.7 Å². The Balaban J connectivity index is 2.11. The molecule has 1 unspecified atom stereocenters. The van der Waals surface area contributed by atoms with Crippen molar-refractivity contribution in [2.75, 3.05) is 19.5 Å². The van der Waals surface area contributed by atoms with Crippen LogP contribution in [0, 0.1) is 25.2 Å². The average molecular weight is 379 g/mol. The number of methoxy groups -OCH3 is 2. The van der Waals surface area contributed by atoms with Gasteiger partial charge in [0.05, 0.1) is 14.2 Å². The number of rotatable bonds is 7. The third-order valence-electron chi connectivity index (χ3n) is 4.38. The minimum absolute atomic E-state index is 0.00713. The van der Waals surface area contributed by atoms with Crippen molar-refractivity contribution in [1.29, 1.82) is 5.26 Å². The van der Waals surface area contributed by atoms with Gasteiger partial charge in [-0.25, -0.2) is 0 Å². The van der Waals surface area contributed by atoms with Crippen LogP contribution in [0.1, 0.15) is 29.7 Å². The predicted octanol–water partition coefficient (Wildman–Crippen LogP) is 4.02. The number of carbonyl (C=O) groups excluding carboxylic acids is 1. The Labute approximate surface area is 165 Å². The van der Waals surface area contributed by atoms with Gasteiger partial charge in [0.1, 0.15) is 11.6 Å². The van der Waals surface area contributed by atoms with Gasteiger partial charge >= 0.3 is 0 Å². The lowest BCUT2D eigenvalue weighted by molar-refractivity contribution is -0.112. The SMILES string of the molecule is COc1ccc(C(C)N/C=C(/C#N)C(=O)Nc2ccc(C)cc2C)cc1OC. The minimum Gasteiger partial charge on any atom is -0.493 e. The van der Waals surface area contributed by atoms with E-state index in [4.69, 9.17) is 9.47 Å². The zero-order valence-electron chi connectivity index (χ0n) is 16.8. The first kappa shape index (κ1) is 20.8. The van der Waals surface area contributed by atoms with Crippen LogP contribution in [-0.4, -0.2) is 20.1 Å². The molecule has 146 valence electrons. The van der Waals surface area contributed by atoms with Crippen molar-refractivity contribution in [2.45, 2.75) is 26.8 Å². The summed E-state index contributed by atoms with van der Waals surface area (Å²) in [5.74, 6) is 0.798. The van der Waals surface area contributed by atoms with Crippen LogP contribution >= 0.6 is 0 Å². The molecule has 2 rings (SSSR count). The van der Waals surface area contributed by atoms with E-state index in [1.807, 2.05) is 63.2 Å². The summed E-state index contributed by atoms with van der Waals surface area (Å²) in [7, 11) is 3.15. The molecular weight excluding hydrogens is 354 g/mol. The van der Waals surface area contributed by atoms with Crippen molar-refractivity contribution >= 4 is 11.6 Å². The Morgan fingerprint density at radius 1 is 1.11 bits per heavy atom. The first-order valence-corrected chi connectivity index (χ1v) is 8.86. The van der Waals surface area contributed by atoms with Crippen molar-refractivity contribution in [2.24, 2.45) is 0 Å². The summed E-state index contributed by atoms with van der Waals surface area (Å²) in [5, 5.41) is 15.2. The van der Waals surface area contributed by atoms with E-state index >= 15 is 0 Å². The molecule has 1 atom stereocenters. The second kappa shape index (κ2) is 9.47. The summed E-state index contributed by atoms with van der Waals surface area (Å²) < 4.78 is 10.6. The third-order valence-corrected chi connectivity index (χ3v) is 4.38. The van der Waals surface area contributed by atoms with E-state index in [1.165, 1.54) is 6.20 Å². The standard InChI is InChI=1S/C22H25N3O3/c1-14-6-8-19(15(2)10-14)25-22(26)18(12-23)13-24-16(3)17-7-9-20(27-4)21(11-17)28-5/h6-11,13,16,24H,1-5H3,(H,25,26)/b18-13-. The summed E-state index contributed by atoms with van der Waals surface area (Å²) in [6, 6.07) is 13.1. The molecule has 0 aromatic heterocycles. The molecule has 2 aromatic rings. The molecule has 0 aliphatic heterocycles. The normalized spacial score (nSPS) is 11.9. The number of nitrogens with one attached hydrogen (secondary N) is 2. The van der Waals surface area contributed by atoms with Gasteiger partial charge in [0, 0.05) is 17.9 Å². The number of nitrogens with zero attached hydrogens (tertiary/aromatic N) is 1. The number of aryl methyl sites for hydroxylation is 2. The summed E-state index contributed by atoms with van der Waals surface area (Å²) >= 11 is 0. The van der Waals surface area contributed by atoms with Crippen LogP contribution in [0.2, 0.25) is 0 Å². The van der Waals surface area contributed by atoms with Crippen LogP contribution in [0.25, 0.3) is 0 Å². The van der Waals surface area contributed by atoms with Crippen LogP contribution in [0.5, 0.6) is 11.5 Å². The van der Waals surface area contributed by atoms with Gasteiger partial charge in [-0.1, -0.05) is 23.8 Å². The van der Waals surface area contributed by atoms with Crippen molar-refractivity contribution in [3.8, 4) is 17.6 Å². The van der Waals surface area contributed by atoms with Crippen LogP contribution in [0.3, 0.4) is 0 Å². The van der Waals surface area contributed by atoms with E-state index in [1.54, 1.807) is 14.2 Å². The number of hydrogen-bond acceptors (Lipinski definition) is 5.